The van der Waals surface area contributed by atoms with Crippen molar-refractivity contribution in [3.63, 3.8) is 0 Å². The average Bonchev–Trinajstić information content (AvgIpc) is 2.38. The Kier molecular flexibility index (Phi) is 4.46. The Labute approximate surface area is 131 Å². The lowest BCUT2D eigenvalue weighted by Gasteiger charge is -2.09. The zero-order chi connectivity index (χ0) is 15.6. The Morgan fingerprint density at radius 1 is 1.24 bits per heavy atom. The number of amides is 1. The Morgan fingerprint density at radius 2 is 1.95 bits per heavy atom. The normalized spacial score (nSPS) is 11.2. The topological polar surface area (TPSA) is 89.0 Å². The van der Waals surface area contributed by atoms with Gasteiger partial charge in [-0.15, -0.1) is 0 Å². The largest absolute Gasteiger partial charge is 0.268 e. The molecule has 21 heavy (non-hydrogen) atoms. The number of carbonyl (C=O) groups excluding carboxylic acids is 1. The molecule has 2 aromatic heterocycles. The fourth-order valence-electron chi connectivity index (χ4n) is 1.57. The molecule has 0 aliphatic rings. The first kappa shape index (κ1) is 15.7. The van der Waals surface area contributed by atoms with Gasteiger partial charge in [-0.3, -0.25) is 9.78 Å². The highest BCUT2D eigenvalue weighted by atomic mass is 35.5. The molecule has 0 spiro atoms. The van der Waals surface area contributed by atoms with Crippen LogP contribution in [-0.2, 0) is 10.0 Å². The zero-order valence-corrected chi connectivity index (χ0v) is 13.0. The Balaban J connectivity index is 2.33. The third kappa shape index (κ3) is 3.49. The van der Waals surface area contributed by atoms with Gasteiger partial charge in [0, 0.05) is 6.20 Å². The second-order valence-electron chi connectivity index (χ2n) is 3.99. The van der Waals surface area contributed by atoms with E-state index in [1.54, 1.807) is 0 Å². The van der Waals surface area contributed by atoms with E-state index in [2.05, 4.69) is 9.97 Å². The van der Waals surface area contributed by atoms with Gasteiger partial charge in [-0.25, -0.2) is 18.1 Å². The van der Waals surface area contributed by atoms with E-state index in [-0.39, 0.29) is 26.5 Å². The van der Waals surface area contributed by atoms with E-state index >= 15 is 0 Å². The summed E-state index contributed by atoms with van der Waals surface area (Å²) >= 11 is 11.4. The molecule has 0 atom stereocenters. The molecule has 2 rings (SSSR count). The smallest absolute Gasteiger partial charge is 0.268 e. The molecule has 0 fully saturated rings. The van der Waals surface area contributed by atoms with Crippen LogP contribution in [0.25, 0.3) is 0 Å². The molecule has 1 N–H and O–H groups in total. The summed E-state index contributed by atoms with van der Waals surface area (Å²) in [7, 11) is -4.05. The molecule has 0 unspecified atom stereocenters. The van der Waals surface area contributed by atoms with E-state index in [0.717, 1.165) is 0 Å². The molecule has 0 aromatic carbocycles. The van der Waals surface area contributed by atoms with Crippen LogP contribution in [0.1, 0.15) is 16.1 Å². The lowest BCUT2D eigenvalue weighted by molar-refractivity contribution is 0.0981. The molecule has 0 aliphatic heterocycles. The summed E-state index contributed by atoms with van der Waals surface area (Å²) < 4.78 is 26.2. The molecular formula is C12H9Cl2N3O3S. The first-order chi connectivity index (χ1) is 9.81. The summed E-state index contributed by atoms with van der Waals surface area (Å²) in [5.41, 5.74) is 0.185. The number of nitrogens with zero attached hydrogens (tertiary/aromatic N) is 2. The molecule has 0 radical (unpaired) electrons. The van der Waals surface area contributed by atoms with Crippen LogP contribution >= 0.6 is 23.2 Å². The van der Waals surface area contributed by atoms with Gasteiger partial charge in [0.2, 0.25) is 0 Å². The lowest BCUT2D eigenvalue weighted by atomic mass is 10.3. The Bertz CT molecular complexity index is 809. The van der Waals surface area contributed by atoms with Crippen LogP contribution in [0.2, 0.25) is 10.3 Å². The number of pyridine rings is 2. The molecule has 2 aromatic rings. The van der Waals surface area contributed by atoms with Crippen LogP contribution in [0.4, 0.5) is 0 Å². The third-order valence-electron chi connectivity index (χ3n) is 2.53. The number of aryl methyl sites for hydroxylation is 1. The fourth-order valence-corrected chi connectivity index (χ4v) is 3.16. The second kappa shape index (κ2) is 5.97. The van der Waals surface area contributed by atoms with E-state index in [1.165, 1.54) is 37.4 Å². The molecule has 2 heterocycles. The molecule has 9 heteroatoms. The maximum atomic E-state index is 12.2. The van der Waals surface area contributed by atoms with Crippen LogP contribution in [0.3, 0.4) is 0 Å². The van der Waals surface area contributed by atoms with Gasteiger partial charge in [0.1, 0.15) is 15.2 Å². The van der Waals surface area contributed by atoms with Crippen molar-refractivity contribution in [1.29, 1.82) is 0 Å². The second-order valence-corrected chi connectivity index (χ2v) is 6.39. The number of aromatic nitrogens is 2. The zero-order valence-electron chi connectivity index (χ0n) is 10.7. The molecule has 0 saturated heterocycles. The third-order valence-corrected chi connectivity index (χ3v) is 4.50. The quantitative estimate of drug-likeness (QED) is 0.861. The molecular weight excluding hydrogens is 337 g/mol. The van der Waals surface area contributed by atoms with Crippen LogP contribution < -0.4 is 4.72 Å². The number of hydrogen-bond acceptors (Lipinski definition) is 5. The van der Waals surface area contributed by atoms with Gasteiger partial charge in [-0.2, -0.15) is 0 Å². The van der Waals surface area contributed by atoms with Crippen molar-refractivity contribution in [3.8, 4) is 0 Å². The van der Waals surface area contributed by atoms with Crippen molar-refractivity contribution in [2.24, 2.45) is 0 Å². The summed E-state index contributed by atoms with van der Waals surface area (Å²) in [6.07, 6.45) is 1.45. The fraction of sp³-hybridized carbons (Fsp3) is 0.0833. The number of carbonyl (C=O) groups is 1. The van der Waals surface area contributed by atoms with Crippen LogP contribution in [-0.4, -0.2) is 24.3 Å². The Hall–Kier alpha value is -1.70. The number of sulfonamides is 1. The van der Waals surface area contributed by atoms with Crippen LogP contribution in [0, 0.1) is 6.92 Å². The maximum absolute atomic E-state index is 12.2. The van der Waals surface area contributed by atoms with E-state index < -0.39 is 15.9 Å². The van der Waals surface area contributed by atoms with Gasteiger partial charge < -0.3 is 0 Å². The van der Waals surface area contributed by atoms with Gasteiger partial charge >= 0.3 is 0 Å². The van der Waals surface area contributed by atoms with E-state index in [1.807, 2.05) is 4.72 Å². The summed E-state index contributed by atoms with van der Waals surface area (Å²) in [5.74, 6) is -0.896. The number of hydrogen-bond donors (Lipinski definition) is 1. The highest BCUT2D eigenvalue weighted by molar-refractivity contribution is 7.90. The first-order valence-electron chi connectivity index (χ1n) is 5.62. The number of rotatable bonds is 3. The SMILES string of the molecule is Cc1ncccc1S(=O)(=O)NC(=O)c1ccc(Cl)nc1Cl. The first-order valence-corrected chi connectivity index (χ1v) is 7.86. The van der Waals surface area contributed by atoms with Crippen molar-refractivity contribution < 1.29 is 13.2 Å². The molecule has 110 valence electrons. The van der Waals surface area contributed by atoms with E-state index in [0.29, 0.717) is 0 Å². The highest BCUT2D eigenvalue weighted by Crippen LogP contribution is 2.18. The minimum absolute atomic E-state index is 0.0867. The predicted octanol–water partition coefficient (Wildman–Crippen LogP) is 2.21. The average molecular weight is 346 g/mol. The van der Waals surface area contributed by atoms with E-state index in [4.69, 9.17) is 23.2 Å². The van der Waals surface area contributed by atoms with Crippen molar-refractivity contribution >= 4 is 39.1 Å². The van der Waals surface area contributed by atoms with Gasteiger partial charge in [-0.05, 0) is 31.2 Å². The van der Waals surface area contributed by atoms with Gasteiger partial charge in [-0.1, -0.05) is 23.2 Å². The highest BCUT2D eigenvalue weighted by Gasteiger charge is 2.22. The maximum Gasteiger partial charge on any atom is 0.268 e. The van der Waals surface area contributed by atoms with Gasteiger partial charge in [0.25, 0.3) is 15.9 Å². The monoisotopic (exact) mass is 345 g/mol. The number of nitrogens with one attached hydrogen (secondary N) is 1. The molecule has 0 saturated carbocycles. The van der Waals surface area contributed by atoms with Crippen LogP contribution in [0.15, 0.2) is 35.4 Å². The van der Waals surface area contributed by atoms with Crippen molar-refractivity contribution in [2.75, 3.05) is 0 Å². The predicted molar refractivity (Wildman–Crippen MR) is 77.9 cm³/mol. The summed E-state index contributed by atoms with van der Waals surface area (Å²) in [6, 6.07) is 5.44. The van der Waals surface area contributed by atoms with Crippen LogP contribution in [0.5, 0.6) is 0 Å². The van der Waals surface area contributed by atoms with E-state index in [9.17, 15) is 13.2 Å². The van der Waals surface area contributed by atoms with Crippen molar-refractivity contribution in [1.82, 2.24) is 14.7 Å². The lowest BCUT2D eigenvalue weighted by Crippen LogP contribution is -2.31. The van der Waals surface area contributed by atoms with Crippen molar-refractivity contribution in [3.05, 3.63) is 52.0 Å². The molecule has 6 nitrogen and oxygen atoms in total. The molecule has 1 amide bonds. The number of halogens is 2. The van der Waals surface area contributed by atoms with Gasteiger partial charge in [0.05, 0.1) is 11.3 Å². The van der Waals surface area contributed by atoms with Gasteiger partial charge in [0.15, 0.2) is 0 Å². The standard InChI is InChI=1S/C12H9Cl2N3O3S/c1-7-9(3-2-6-15-7)21(19,20)17-12(18)8-4-5-10(13)16-11(8)14/h2-6H,1H3,(H,17,18). The summed E-state index contributed by atoms with van der Waals surface area (Å²) in [6.45, 7) is 1.52. The molecule has 0 bridgehead atoms. The summed E-state index contributed by atoms with van der Waals surface area (Å²) in [4.78, 5) is 19.5. The Morgan fingerprint density at radius 3 is 2.57 bits per heavy atom. The van der Waals surface area contributed by atoms with Crippen molar-refractivity contribution in [2.45, 2.75) is 11.8 Å². The summed E-state index contributed by atoms with van der Waals surface area (Å²) in [5, 5.41) is -0.0828. The molecule has 0 aliphatic carbocycles. The minimum atomic E-state index is -4.05. The minimum Gasteiger partial charge on any atom is -0.268 e.